The highest BCUT2D eigenvalue weighted by atomic mass is 35.5. The van der Waals surface area contributed by atoms with Gasteiger partial charge in [-0.25, -0.2) is 0 Å². The lowest BCUT2D eigenvalue weighted by Gasteiger charge is -2.10. The molecule has 0 heterocycles. The van der Waals surface area contributed by atoms with E-state index in [0.717, 1.165) is 24.6 Å². The second kappa shape index (κ2) is 6.97. The van der Waals surface area contributed by atoms with Crippen molar-refractivity contribution in [3.05, 3.63) is 32.8 Å². The van der Waals surface area contributed by atoms with E-state index in [9.17, 15) is 0 Å². The number of benzene rings is 1. The third kappa shape index (κ3) is 4.29. The van der Waals surface area contributed by atoms with Crippen LogP contribution >= 0.6 is 34.8 Å². The lowest BCUT2D eigenvalue weighted by molar-refractivity contribution is 0.126. The van der Waals surface area contributed by atoms with E-state index in [1.807, 2.05) is 0 Å². The molecule has 0 bridgehead atoms. The third-order valence-corrected chi connectivity index (χ3v) is 4.11. The molecule has 1 aliphatic rings. The highest BCUT2D eigenvalue weighted by Gasteiger charge is 2.20. The van der Waals surface area contributed by atoms with Crippen molar-refractivity contribution >= 4 is 34.8 Å². The zero-order valence-electron chi connectivity index (χ0n) is 10.0. The van der Waals surface area contributed by atoms with E-state index >= 15 is 0 Å². The van der Waals surface area contributed by atoms with Crippen molar-refractivity contribution in [2.45, 2.75) is 19.4 Å². The van der Waals surface area contributed by atoms with Crippen LogP contribution in [0.3, 0.4) is 0 Å². The number of hydrogen-bond acceptors (Lipinski definition) is 2. The molecule has 0 atom stereocenters. The summed E-state index contributed by atoms with van der Waals surface area (Å²) in [6.07, 6.45) is 2.64. The van der Waals surface area contributed by atoms with Gasteiger partial charge in [-0.15, -0.1) is 0 Å². The van der Waals surface area contributed by atoms with Crippen molar-refractivity contribution in [2.24, 2.45) is 5.92 Å². The fourth-order valence-corrected chi connectivity index (χ4v) is 2.30. The molecule has 1 aromatic rings. The van der Waals surface area contributed by atoms with Crippen LogP contribution < -0.4 is 5.32 Å². The van der Waals surface area contributed by atoms with E-state index in [0.29, 0.717) is 28.2 Å². The summed E-state index contributed by atoms with van der Waals surface area (Å²) < 4.78 is 5.53. The number of nitrogens with one attached hydrogen (secondary N) is 1. The van der Waals surface area contributed by atoms with Gasteiger partial charge in [0, 0.05) is 30.3 Å². The minimum Gasteiger partial charge on any atom is -0.380 e. The average Bonchev–Trinajstić information content (AvgIpc) is 3.16. The first-order chi connectivity index (χ1) is 8.68. The number of ether oxygens (including phenoxy) is 1. The first-order valence-corrected chi connectivity index (χ1v) is 7.22. The summed E-state index contributed by atoms with van der Waals surface area (Å²) >= 11 is 18.1. The highest BCUT2D eigenvalue weighted by molar-refractivity contribution is 6.44. The largest absolute Gasteiger partial charge is 0.380 e. The van der Waals surface area contributed by atoms with Crippen LogP contribution in [-0.2, 0) is 11.3 Å². The molecule has 0 aliphatic heterocycles. The summed E-state index contributed by atoms with van der Waals surface area (Å²) in [6.45, 7) is 2.99. The van der Waals surface area contributed by atoms with Crippen LogP contribution in [0.4, 0.5) is 0 Å². The normalized spacial score (nSPS) is 15.1. The van der Waals surface area contributed by atoms with E-state index in [1.54, 1.807) is 12.1 Å². The van der Waals surface area contributed by atoms with Gasteiger partial charge in [0.25, 0.3) is 0 Å². The highest BCUT2D eigenvalue weighted by Crippen LogP contribution is 2.31. The summed E-state index contributed by atoms with van der Waals surface area (Å²) in [6, 6.07) is 3.46. The van der Waals surface area contributed by atoms with Gasteiger partial charge in [-0.05, 0) is 30.9 Å². The summed E-state index contributed by atoms with van der Waals surface area (Å²) in [5.41, 5.74) is 0.841. The summed E-state index contributed by atoms with van der Waals surface area (Å²) in [5.74, 6) is 0.807. The Bertz CT molecular complexity index is 407. The van der Waals surface area contributed by atoms with Gasteiger partial charge >= 0.3 is 0 Å². The smallest absolute Gasteiger partial charge is 0.0652 e. The van der Waals surface area contributed by atoms with Crippen molar-refractivity contribution < 1.29 is 4.74 Å². The maximum atomic E-state index is 6.10. The second-order valence-electron chi connectivity index (χ2n) is 4.52. The zero-order chi connectivity index (χ0) is 13.0. The standard InChI is InChI=1S/C13H16Cl3NO/c14-11-3-4-12(15)13(16)10(11)7-17-5-6-18-8-9-1-2-9/h3-4,9,17H,1-2,5-8H2. The Labute approximate surface area is 123 Å². The van der Waals surface area contributed by atoms with Crippen LogP contribution in [0.15, 0.2) is 12.1 Å². The Morgan fingerprint density at radius 2 is 1.89 bits per heavy atom. The minimum atomic E-state index is 0.524. The fraction of sp³-hybridized carbons (Fsp3) is 0.538. The summed E-state index contributed by atoms with van der Waals surface area (Å²) in [5, 5.41) is 4.94. The predicted molar refractivity (Wildman–Crippen MR) is 76.7 cm³/mol. The molecule has 0 saturated heterocycles. The SMILES string of the molecule is Clc1ccc(Cl)c(CNCCOCC2CC2)c1Cl. The van der Waals surface area contributed by atoms with E-state index in [2.05, 4.69) is 5.32 Å². The molecule has 1 fully saturated rings. The first-order valence-electron chi connectivity index (χ1n) is 6.09. The molecular formula is C13H16Cl3NO. The van der Waals surface area contributed by atoms with Gasteiger partial charge in [-0.3, -0.25) is 0 Å². The molecule has 2 nitrogen and oxygen atoms in total. The molecule has 1 saturated carbocycles. The third-order valence-electron chi connectivity index (χ3n) is 2.91. The van der Waals surface area contributed by atoms with Crippen LogP contribution in [0.25, 0.3) is 0 Å². The topological polar surface area (TPSA) is 21.3 Å². The molecular weight excluding hydrogens is 293 g/mol. The molecule has 100 valence electrons. The molecule has 18 heavy (non-hydrogen) atoms. The first kappa shape index (κ1) is 14.4. The van der Waals surface area contributed by atoms with Gasteiger partial charge in [0.05, 0.1) is 16.7 Å². The average molecular weight is 309 g/mol. The molecule has 0 aromatic heterocycles. The monoisotopic (exact) mass is 307 g/mol. The van der Waals surface area contributed by atoms with Crippen LogP contribution in [0, 0.1) is 5.92 Å². The Kier molecular flexibility index (Phi) is 5.58. The molecule has 0 amide bonds. The van der Waals surface area contributed by atoms with Crippen molar-refractivity contribution in [3.8, 4) is 0 Å². The molecule has 0 spiro atoms. The molecule has 1 aliphatic carbocycles. The lowest BCUT2D eigenvalue weighted by Crippen LogP contribution is -2.20. The lowest BCUT2D eigenvalue weighted by atomic mass is 10.2. The maximum absolute atomic E-state index is 6.10. The predicted octanol–water partition coefficient (Wildman–Crippen LogP) is 4.16. The quantitative estimate of drug-likeness (QED) is 0.603. The minimum absolute atomic E-state index is 0.524. The van der Waals surface area contributed by atoms with Crippen LogP contribution in [0.5, 0.6) is 0 Å². The van der Waals surface area contributed by atoms with Crippen molar-refractivity contribution in [3.63, 3.8) is 0 Å². The van der Waals surface area contributed by atoms with Crippen LogP contribution in [0.2, 0.25) is 15.1 Å². The van der Waals surface area contributed by atoms with Gasteiger partial charge in [0.1, 0.15) is 0 Å². The van der Waals surface area contributed by atoms with E-state index in [1.165, 1.54) is 12.8 Å². The van der Waals surface area contributed by atoms with Gasteiger partial charge in [-0.2, -0.15) is 0 Å². The molecule has 1 N–H and O–H groups in total. The van der Waals surface area contributed by atoms with Crippen LogP contribution in [-0.4, -0.2) is 19.8 Å². The fourth-order valence-electron chi connectivity index (χ4n) is 1.62. The second-order valence-corrected chi connectivity index (χ2v) is 5.71. The van der Waals surface area contributed by atoms with Gasteiger partial charge in [0.2, 0.25) is 0 Å². The Morgan fingerprint density at radius 3 is 2.61 bits per heavy atom. The summed E-state index contributed by atoms with van der Waals surface area (Å²) in [7, 11) is 0. The van der Waals surface area contributed by atoms with Crippen LogP contribution in [0.1, 0.15) is 18.4 Å². The van der Waals surface area contributed by atoms with Gasteiger partial charge < -0.3 is 10.1 Å². The number of rotatable bonds is 7. The van der Waals surface area contributed by atoms with Crippen molar-refractivity contribution in [1.82, 2.24) is 5.32 Å². The zero-order valence-corrected chi connectivity index (χ0v) is 12.3. The molecule has 5 heteroatoms. The Hall–Kier alpha value is 0.01000. The Morgan fingerprint density at radius 1 is 1.17 bits per heavy atom. The molecule has 0 radical (unpaired) electrons. The maximum Gasteiger partial charge on any atom is 0.0652 e. The van der Waals surface area contributed by atoms with Crippen molar-refractivity contribution in [2.75, 3.05) is 19.8 Å². The van der Waals surface area contributed by atoms with E-state index in [4.69, 9.17) is 39.5 Å². The molecule has 0 unspecified atom stereocenters. The molecule has 2 rings (SSSR count). The number of halogens is 3. The van der Waals surface area contributed by atoms with Crippen molar-refractivity contribution in [1.29, 1.82) is 0 Å². The number of hydrogen-bond donors (Lipinski definition) is 1. The molecule has 1 aromatic carbocycles. The Balaban J connectivity index is 1.70. The summed E-state index contributed by atoms with van der Waals surface area (Å²) in [4.78, 5) is 0. The van der Waals surface area contributed by atoms with Gasteiger partial charge in [0.15, 0.2) is 0 Å². The van der Waals surface area contributed by atoms with Gasteiger partial charge in [-0.1, -0.05) is 34.8 Å². The van der Waals surface area contributed by atoms with E-state index in [-0.39, 0.29) is 0 Å². The van der Waals surface area contributed by atoms with E-state index < -0.39 is 0 Å².